The van der Waals surface area contributed by atoms with Gasteiger partial charge in [-0.15, -0.1) is 0 Å². The van der Waals surface area contributed by atoms with E-state index in [0.717, 1.165) is 19.3 Å². The minimum Gasteiger partial charge on any atom is -0.494 e. The molecular formula is C20H23NO5S. The molecule has 0 spiro atoms. The second kappa shape index (κ2) is 8.54. The average molecular weight is 389 g/mol. The third-order valence-corrected chi connectivity index (χ3v) is 6.17. The van der Waals surface area contributed by atoms with Crippen LogP contribution in [0.25, 0.3) is 0 Å². The molecule has 2 aromatic carbocycles. The molecule has 27 heavy (non-hydrogen) atoms. The van der Waals surface area contributed by atoms with E-state index in [1.165, 1.54) is 16.4 Å². The largest absolute Gasteiger partial charge is 0.494 e. The highest BCUT2D eigenvalue weighted by Gasteiger charge is 2.27. The Bertz CT molecular complexity index is 887. The molecule has 0 unspecified atom stereocenters. The highest BCUT2D eigenvalue weighted by Crippen LogP contribution is 2.23. The summed E-state index contributed by atoms with van der Waals surface area (Å²) in [7, 11) is -3.57. The third kappa shape index (κ3) is 4.67. The lowest BCUT2D eigenvalue weighted by molar-refractivity contribution is 0.0734. The Labute approximate surface area is 159 Å². The van der Waals surface area contributed by atoms with Crippen molar-refractivity contribution in [3.63, 3.8) is 0 Å². The SMILES string of the molecule is CCCOc1ccc(OC(=O)c2cccc(S(=O)(=O)N3CCCC3)c2)cc1. The van der Waals surface area contributed by atoms with Crippen LogP contribution in [0.15, 0.2) is 53.4 Å². The van der Waals surface area contributed by atoms with Gasteiger partial charge in [0.1, 0.15) is 11.5 Å². The van der Waals surface area contributed by atoms with Crippen molar-refractivity contribution in [2.75, 3.05) is 19.7 Å². The molecule has 1 fully saturated rings. The normalized spacial score (nSPS) is 14.9. The van der Waals surface area contributed by atoms with Gasteiger partial charge in [0.05, 0.1) is 17.1 Å². The number of benzene rings is 2. The van der Waals surface area contributed by atoms with Crippen LogP contribution in [-0.2, 0) is 10.0 Å². The molecule has 0 amide bonds. The van der Waals surface area contributed by atoms with Crippen molar-refractivity contribution in [1.82, 2.24) is 4.31 Å². The number of esters is 1. The van der Waals surface area contributed by atoms with Gasteiger partial charge >= 0.3 is 5.97 Å². The maximum atomic E-state index is 12.7. The minimum absolute atomic E-state index is 0.113. The predicted octanol–water partition coefficient (Wildman–Crippen LogP) is 3.48. The quantitative estimate of drug-likeness (QED) is 0.535. The lowest BCUT2D eigenvalue weighted by Crippen LogP contribution is -2.28. The number of carbonyl (C=O) groups excluding carboxylic acids is 1. The van der Waals surface area contributed by atoms with Crippen molar-refractivity contribution in [2.45, 2.75) is 31.1 Å². The number of ether oxygens (including phenoxy) is 2. The molecule has 0 saturated carbocycles. The van der Waals surface area contributed by atoms with Crippen molar-refractivity contribution < 1.29 is 22.7 Å². The zero-order valence-corrected chi connectivity index (χ0v) is 16.1. The van der Waals surface area contributed by atoms with Crippen LogP contribution >= 0.6 is 0 Å². The van der Waals surface area contributed by atoms with Crippen LogP contribution in [0.5, 0.6) is 11.5 Å². The van der Waals surface area contributed by atoms with Crippen molar-refractivity contribution in [3.05, 3.63) is 54.1 Å². The maximum absolute atomic E-state index is 12.7. The Morgan fingerprint density at radius 1 is 1.04 bits per heavy atom. The standard InChI is InChI=1S/C20H23NO5S/c1-2-14-25-17-8-10-18(11-9-17)26-20(22)16-6-5-7-19(15-16)27(23,24)21-12-3-4-13-21/h5-11,15H,2-4,12-14H2,1H3. The highest BCUT2D eigenvalue weighted by molar-refractivity contribution is 7.89. The number of carbonyl (C=O) groups is 1. The second-order valence-corrected chi connectivity index (χ2v) is 8.29. The van der Waals surface area contributed by atoms with Gasteiger partial charge < -0.3 is 9.47 Å². The van der Waals surface area contributed by atoms with Gasteiger partial charge in [0.25, 0.3) is 0 Å². The Kier molecular flexibility index (Phi) is 6.13. The Hall–Kier alpha value is -2.38. The van der Waals surface area contributed by atoms with Gasteiger partial charge in [0, 0.05) is 13.1 Å². The summed E-state index contributed by atoms with van der Waals surface area (Å²) in [6, 6.07) is 12.7. The fourth-order valence-corrected chi connectivity index (χ4v) is 4.41. The van der Waals surface area contributed by atoms with Gasteiger partial charge in [-0.2, -0.15) is 4.31 Å². The first kappa shape index (κ1) is 19.4. The summed E-state index contributed by atoms with van der Waals surface area (Å²) in [6.07, 6.45) is 2.63. The summed E-state index contributed by atoms with van der Waals surface area (Å²) >= 11 is 0. The van der Waals surface area contributed by atoms with Gasteiger partial charge in [-0.25, -0.2) is 13.2 Å². The van der Waals surface area contributed by atoms with E-state index in [-0.39, 0.29) is 10.5 Å². The number of sulfonamides is 1. The first-order chi connectivity index (χ1) is 13.0. The van der Waals surface area contributed by atoms with Gasteiger partial charge in [-0.05, 0) is 61.7 Å². The van der Waals surface area contributed by atoms with Crippen molar-refractivity contribution >= 4 is 16.0 Å². The molecule has 0 aliphatic carbocycles. The van der Waals surface area contributed by atoms with E-state index in [4.69, 9.17) is 9.47 Å². The van der Waals surface area contributed by atoms with Crippen LogP contribution in [0.4, 0.5) is 0 Å². The number of hydrogen-bond acceptors (Lipinski definition) is 5. The van der Waals surface area contributed by atoms with Crippen LogP contribution in [0, 0.1) is 0 Å². The van der Waals surface area contributed by atoms with E-state index in [9.17, 15) is 13.2 Å². The van der Waals surface area contributed by atoms with Crippen molar-refractivity contribution in [1.29, 1.82) is 0 Å². The van der Waals surface area contributed by atoms with Crippen LogP contribution in [0.2, 0.25) is 0 Å². The Morgan fingerprint density at radius 2 is 1.70 bits per heavy atom. The number of rotatable bonds is 7. The Morgan fingerprint density at radius 3 is 2.37 bits per heavy atom. The Balaban J connectivity index is 1.72. The summed E-state index contributed by atoms with van der Waals surface area (Å²) in [4.78, 5) is 12.5. The maximum Gasteiger partial charge on any atom is 0.343 e. The topological polar surface area (TPSA) is 72.9 Å². The van der Waals surface area contributed by atoms with Gasteiger partial charge in [0.15, 0.2) is 0 Å². The summed E-state index contributed by atoms with van der Waals surface area (Å²) in [5, 5.41) is 0. The number of hydrogen-bond donors (Lipinski definition) is 0. The van der Waals surface area contributed by atoms with Crippen molar-refractivity contribution in [2.24, 2.45) is 0 Å². The van der Waals surface area contributed by atoms with E-state index in [0.29, 0.717) is 31.2 Å². The average Bonchev–Trinajstić information content (AvgIpc) is 3.23. The molecule has 6 nitrogen and oxygen atoms in total. The molecule has 2 aromatic rings. The summed E-state index contributed by atoms with van der Waals surface area (Å²) in [5.74, 6) is 0.475. The van der Waals surface area contributed by atoms with Gasteiger partial charge in [0.2, 0.25) is 10.0 Å². The summed E-state index contributed by atoms with van der Waals surface area (Å²) in [5.41, 5.74) is 0.196. The zero-order valence-electron chi connectivity index (χ0n) is 15.3. The van der Waals surface area contributed by atoms with Crippen LogP contribution in [0.3, 0.4) is 0 Å². The lowest BCUT2D eigenvalue weighted by atomic mass is 10.2. The van der Waals surface area contributed by atoms with E-state index >= 15 is 0 Å². The van der Waals surface area contributed by atoms with Crippen LogP contribution in [0.1, 0.15) is 36.5 Å². The molecule has 1 heterocycles. The predicted molar refractivity (Wildman–Crippen MR) is 102 cm³/mol. The molecular weight excluding hydrogens is 366 g/mol. The van der Waals surface area contributed by atoms with Gasteiger partial charge in [-0.1, -0.05) is 13.0 Å². The molecule has 144 valence electrons. The monoisotopic (exact) mass is 389 g/mol. The third-order valence-electron chi connectivity index (χ3n) is 4.28. The highest BCUT2D eigenvalue weighted by atomic mass is 32.2. The van der Waals surface area contributed by atoms with E-state index in [1.54, 1.807) is 36.4 Å². The molecule has 0 atom stereocenters. The lowest BCUT2D eigenvalue weighted by Gasteiger charge is -2.15. The first-order valence-corrected chi connectivity index (χ1v) is 10.5. The van der Waals surface area contributed by atoms with E-state index < -0.39 is 16.0 Å². The fraction of sp³-hybridized carbons (Fsp3) is 0.350. The van der Waals surface area contributed by atoms with Crippen LogP contribution < -0.4 is 9.47 Å². The fourth-order valence-electron chi connectivity index (χ4n) is 2.85. The zero-order chi connectivity index (χ0) is 19.3. The smallest absolute Gasteiger partial charge is 0.343 e. The molecule has 0 aromatic heterocycles. The minimum atomic E-state index is -3.57. The molecule has 1 saturated heterocycles. The van der Waals surface area contributed by atoms with Crippen LogP contribution in [-0.4, -0.2) is 38.4 Å². The number of nitrogens with zero attached hydrogens (tertiary/aromatic N) is 1. The van der Waals surface area contributed by atoms with Crippen molar-refractivity contribution in [3.8, 4) is 11.5 Å². The summed E-state index contributed by atoms with van der Waals surface area (Å²) in [6.45, 7) is 3.68. The molecule has 1 aliphatic heterocycles. The molecule has 7 heteroatoms. The van der Waals surface area contributed by atoms with E-state index in [1.807, 2.05) is 6.92 Å². The molecule has 0 radical (unpaired) electrons. The molecule has 3 rings (SSSR count). The molecule has 0 N–H and O–H groups in total. The molecule has 1 aliphatic rings. The first-order valence-electron chi connectivity index (χ1n) is 9.06. The summed E-state index contributed by atoms with van der Waals surface area (Å²) < 4.78 is 37.6. The van der Waals surface area contributed by atoms with E-state index in [2.05, 4.69) is 0 Å². The van der Waals surface area contributed by atoms with Gasteiger partial charge in [-0.3, -0.25) is 0 Å². The second-order valence-electron chi connectivity index (χ2n) is 6.35. The molecule has 0 bridgehead atoms.